The summed E-state index contributed by atoms with van der Waals surface area (Å²) in [5.74, 6) is 1.16. The predicted molar refractivity (Wildman–Crippen MR) is 87.8 cm³/mol. The van der Waals surface area contributed by atoms with Gasteiger partial charge in [-0.3, -0.25) is 0 Å². The normalized spacial score (nSPS) is 17.4. The van der Waals surface area contributed by atoms with Crippen molar-refractivity contribution in [3.63, 3.8) is 0 Å². The van der Waals surface area contributed by atoms with Crippen molar-refractivity contribution in [2.45, 2.75) is 18.9 Å². The molecule has 0 aliphatic carbocycles. The van der Waals surface area contributed by atoms with Crippen molar-refractivity contribution in [3.8, 4) is 11.5 Å². The topological polar surface area (TPSA) is 51.8 Å². The van der Waals surface area contributed by atoms with Crippen LogP contribution >= 0.6 is 23.8 Å². The second-order valence-electron chi connectivity index (χ2n) is 4.66. The number of methoxy groups -OCH3 is 2. The number of hydrogen-bond acceptors (Lipinski definition) is 4. The first-order valence-corrected chi connectivity index (χ1v) is 7.50. The van der Waals surface area contributed by atoms with Gasteiger partial charge in [0.1, 0.15) is 11.5 Å². The highest BCUT2D eigenvalue weighted by Crippen LogP contribution is 2.35. The zero-order valence-electron chi connectivity index (χ0n) is 12.1. The molecule has 1 saturated heterocycles. The SMILES string of the molecule is COc1cc(OC)c(NC(=S)NC[C@H]2CCCO2)cc1Cl. The lowest BCUT2D eigenvalue weighted by Gasteiger charge is -2.16. The molecule has 1 fully saturated rings. The van der Waals surface area contributed by atoms with Crippen LogP contribution in [0.5, 0.6) is 11.5 Å². The summed E-state index contributed by atoms with van der Waals surface area (Å²) in [4.78, 5) is 0. The molecule has 1 aliphatic rings. The van der Waals surface area contributed by atoms with Crippen LogP contribution in [0, 0.1) is 0 Å². The number of ether oxygens (including phenoxy) is 3. The minimum Gasteiger partial charge on any atom is -0.495 e. The van der Waals surface area contributed by atoms with Crippen molar-refractivity contribution in [3.05, 3.63) is 17.2 Å². The van der Waals surface area contributed by atoms with Gasteiger partial charge in [-0.25, -0.2) is 0 Å². The van der Waals surface area contributed by atoms with Gasteiger partial charge in [-0.1, -0.05) is 11.6 Å². The van der Waals surface area contributed by atoms with Crippen LogP contribution in [0.15, 0.2) is 12.1 Å². The summed E-state index contributed by atoms with van der Waals surface area (Å²) in [6, 6.07) is 3.44. The number of rotatable bonds is 5. The maximum Gasteiger partial charge on any atom is 0.170 e. The van der Waals surface area contributed by atoms with Crippen LogP contribution in [-0.4, -0.2) is 38.6 Å². The Labute approximate surface area is 134 Å². The molecule has 0 spiro atoms. The molecule has 116 valence electrons. The fourth-order valence-electron chi connectivity index (χ4n) is 2.14. The molecule has 1 heterocycles. The minimum atomic E-state index is 0.228. The van der Waals surface area contributed by atoms with Gasteiger partial charge in [-0.05, 0) is 31.1 Å². The zero-order chi connectivity index (χ0) is 15.2. The molecule has 0 aromatic heterocycles. The molecule has 7 heteroatoms. The van der Waals surface area contributed by atoms with Crippen molar-refractivity contribution in [2.24, 2.45) is 0 Å². The van der Waals surface area contributed by atoms with E-state index in [-0.39, 0.29) is 6.10 Å². The first kappa shape index (κ1) is 16.1. The highest BCUT2D eigenvalue weighted by Gasteiger charge is 2.16. The Balaban J connectivity index is 1.97. The standard InChI is InChI=1S/C14H19ClN2O3S/c1-18-12-7-13(19-2)11(6-10(12)15)17-14(21)16-8-9-4-3-5-20-9/h6-7,9H,3-5,8H2,1-2H3,(H2,16,17,21)/t9-/m1/s1. The van der Waals surface area contributed by atoms with Crippen LogP contribution in [0.4, 0.5) is 5.69 Å². The second kappa shape index (κ2) is 7.68. The van der Waals surface area contributed by atoms with Crippen LogP contribution < -0.4 is 20.1 Å². The Morgan fingerprint density at radius 3 is 2.76 bits per heavy atom. The highest BCUT2D eigenvalue weighted by molar-refractivity contribution is 7.80. The van der Waals surface area contributed by atoms with Crippen LogP contribution in [0.1, 0.15) is 12.8 Å². The smallest absolute Gasteiger partial charge is 0.170 e. The third-order valence-corrected chi connectivity index (χ3v) is 3.78. The summed E-state index contributed by atoms with van der Waals surface area (Å²) in [7, 11) is 3.14. The summed E-state index contributed by atoms with van der Waals surface area (Å²) in [5.41, 5.74) is 0.688. The molecule has 0 saturated carbocycles. The molecule has 21 heavy (non-hydrogen) atoms. The van der Waals surface area contributed by atoms with E-state index in [1.54, 1.807) is 26.4 Å². The monoisotopic (exact) mass is 330 g/mol. The molecule has 0 bridgehead atoms. The van der Waals surface area contributed by atoms with Gasteiger partial charge in [0.05, 0.1) is 31.0 Å². The lowest BCUT2D eigenvalue weighted by molar-refractivity contribution is 0.114. The van der Waals surface area contributed by atoms with E-state index >= 15 is 0 Å². The zero-order valence-corrected chi connectivity index (χ0v) is 13.6. The van der Waals surface area contributed by atoms with E-state index in [4.69, 9.17) is 38.0 Å². The largest absolute Gasteiger partial charge is 0.495 e. The molecular formula is C14H19ClN2O3S. The van der Waals surface area contributed by atoms with Gasteiger partial charge in [-0.2, -0.15) is 0 Å². The Kier molecular flexibility index (Phi) is 5.90. The van der Waals surface area contributed by atoms with E-state index in [0.717, 1.165) is 19.4 Å². The van der Waals surface area contributed by atoms with E-state index < -0.39 is 0 Å². The summed E-state index contributed by atoms with van der Waals surface area (Å²) in [5, 5.41) is 7.21. The average Bonchev–Trinajstić information content (AvgIpc) is 2.99. The average molecular weight is 331 g/mol. The maximum atomic E-state index is 6.12. The number of anilines is 1. The molecule has 2 rings (SSSR count). The van der Waals surface area contributed by atoms with Crippen molar-refractivity contribution >= 4 is 34.6 Å². The third kappa shape index (κ3) is 4.36. The molecule has 0 unspecified atom stereocenters. The maximum absolute atomic E-state index is 6.12. The fourth-order valence-corrected chi connectivity index (χ4v) is 2.57. The number of benzene rings is 1. The van der Waals surface area contributed by atoms with Crippen molar-refractivity contribution in [2.75, 3.05) is 32.7 Å². The van der Waals surface area contributed by atoms with Crippen molar-refractivity contribution < 1.29 is 14.2 Å². The molecule has 0 radical (unpaired) electrons. The summed E-state index contributed by atoms with van der Waals surface area (Å²) >= 11 is 11.4. The van der Waals surface area contributed by atoms with Gasteiger partial charge >= 0.3 is 0 Å². The van der Waals surface area contributed by atoms with Crippen LogP contribution in [0.2, 0.25) is 5.02 Å². The molecule has 1 aromatic rings. The van der Waals surface area contributed by atoms with Crippen molar-refractivity contribution in [1.82, 2.24) is 5.32 Å². The van der Waals surface area contributed by atoms with Gasteiger partial charge < -0.3 is 24.8 Å². The fraction of sp³-hybridized carbons (Fsp3) is 0.500. The third-order valence-electron chi connectivity index (χ3n) is 3.24. The van der Waals surface area contributed by atoms with Gasteiger partial charge in [0.25, 0.3) is 0 Å². The van der Waals surface area contributed by atoms with E-state index in [1.807, 2.05) is 0 Å². The van der Waals surface area contributed by atoms with E-state index in [0.29, 0.717) is 33.9 Å². The predicted octanol–water partition coefficient (Wildman–Crippen LogP) is 2.82. The number of hydrogen-bond donors (Lipinski definition) is 2. The molecule has 1 aliphatic heterocycles. The Morgan fingerprint density at radius 1 is 1.38 bits per heavy atom. The Morgan fingerprint density at radius 2 is 2.14 bits per heavy atom. The molecule has 2 N–H and O–H groups in total. The van der Waals surface area contributed by atoms with Crippen molar-refractivity contribution in [1.29, 1.82) is 0 Å². The van der Waals surface area contributed by atoms with Gasteiger partial charge in [-0.15, -0.1) is 0 Å². The lowest BCUT2D eigenvalue weighted by atomic mass is 10.2. The summed E-state index contributed by atoms with van der Waals surface area (Å²) in [6.07, 6.45) is 2.40. The highest BCUT2D eigenvalue weighted by atomic mass is 35.5. The van der Waals surface area contributed by atoms with Crippen LogP contribution in [0.3, 0.4) is 0 Å². The first-order chi connectivity index (χ1) is 10.1. The lowest BCUT2D eigenvalue weighted by Crippen LogP contribution is -2.34. The molecule has 1 atom stereocenters. The van der Waals surface area contributed by atoms with Gasteiger partial charge in [0.15, 0.2) is 5.11 Å². The Hall–Kier alpha value is -1.24. The molecule has 5 nitrogen and oxygen atoms in total. The van der Waals surface area contributed by atoms with Gasteiger partial charge in [0.2, 0.25) is 0 Å². The molecule has 0 amide bonds. The number of thiocarbonyl (C=S) groups is 1. The summed E-state index contributed by atoms with van der Waals surface area (Å²) < 4.78 is 16.0. The Bertz CT molecular complexity index is 507. The number of nitrogens with one attached hydrogen (secondary N) is 2. The van der Waals surface area contributed by atoms with Crippen LogP contribution in [-0.2, 0) is 4.74 Å². The van der Waals surface area contributed by atoms with E-state index in [1.165, 1.54) is 0 Å². The molecular weight excluding hydrogens is 312 g/mol. The van der Waals surface area contributed by atoms with Gasteiger partial charge in [0, 0.05) is 19.2 Å². The van der Waals surface area contributed by atoms with E-state index in [2.05, 4.69) is 10.6 Å². The minimum absolute atomic E-state index is 0.228. The molecule has 1 aromatic carbocycles. The quantitative estimate of drug-likeness (QED) is 0.810. The first-order valence-electron chi connectivity index (χ1n) is 6.72. The van der Waals surface area contributed by atoms with E-state index in [9.17, 15) is 0 Å². The number of halogens is 1. The van der Waals surface area contributed by atoms with Crippen LogP contribution in [0.25, 0.3) is 0 Å². The second-order valence-corrected chi connectivity index (χ2v) is 5.47. The summed E-state index contributed by atoms with van der Waals surface area (Å²) in [6.45, 7) is 1.52.